The fourth-order valence-electron chi connectivity index (χ4n) is 7.70. The van der Waals surface area contributed by atoms with Crippen molar-refractivity contribution in [2.24, 2.45) is 0 Å². The molecule has 0 N–H and O–H groups in total. The number of aliphatic carboxylic acids is 2. The van der Waals surface area contributed by atoms with E-state index in [9.17, 15) is 29.4 Å². The van der Waals surface area contributed by atoms with Gasteiger partial charge in [0.05, 0.1) is 0 Å². The number of carbonyl (C=O) groups is 4. The normalized spacial score (nSPS) is 11.9. The molecule has 0 fully saturated rings. The Morgan fingerprint density at radius 2 is 0.580 bits per heavy atom. The molecule has 0 unspecified atom stereocenters. The summed E-state index contributed by atoms with van der Waals surface area (Å²) in [7, 11) is 0. The maximum Gasteiger partial charge on any atom is 2.00 e. The molecule has 2 aromatic rings. The zero-order valence-electron chi connectivity index (χ0n) is 44.7. The predicted molar refractivity (Wildman–Crippen MR) is 279 cm³/mol. The molecule has 2 aromatic carbocycles. The molecular formula is C60H96O8Zn. The molecule has 386 valence electrons. The molecule has 0 heterocycles. The van der Waals surface area contributed by atoms with Crippen LogP contribution >= 0.6 is 0 Å². The Morgan fingerprint density at radius 3 is 0.783 bits per heavy atom. The predicted octanol–water partition coefficient (Wildman–Crippen LogP) is 15.0. The molecule has 0 aromatic heterocycles. The molecule has 1 aliphatic carbocycles. The third kappa shape index (κ3) is 44.4. The molecule has 0 saturated heterocycles. The fourth-order valence-corrected chi connectivity index (χ4v) is 7.70. The van der Waals surface area contributed by atoms with Gasteiger partial charge in [0.1, 0.15) is 11.2 Å². The minimum Gasteiger partial charge on any atom is -0.550 e. The number of carboxylic acid groups (broad SMARTS) is 2. The van der Waals surface area contributed by atoms with E-state index in [4.69, 9.17) is 9.78 Å². The van der Waals surface area contributed by atoms with E-state index in [1.165, 1.54) is 191 Å². The summed E-state index contributed by atoms with van der Waals surface area (Å²) in [5, 5.41) is 20.4. The van der Waals surface area contributed by atoms with Gasteiger partial charge >= 0.3 is 19.5 Å². The van der Waals surface area contributed by atoms with Gasteiger partial charge in [-0.05, 0) is 88.8 Å². The maximum absolute atomic E-state index is 10.3. The number of hydrogen-bond donors (Lipinski definition) is 0. The molecule has 69 heavy (non-hydrogen) atoms. The molecule has 9 heteroatoms. The summed E-state index contributed by atoms with van der Waals surface area (Å²) in [5.74, 6) is -2.05. The minimum absolute atomic E-state index is 0. The topological polar surface area (TPSA) is 133 Å². The molecule has 0 saturated carbocycles. The van der Waals surface area contributed by atoms with Gasteiger partial charge in [0.25, 0.3) is 0 Å². The van der Waals surface area contributed by atoms with Crippen molar-refractivity contribution in [3.8, 4) is 0 Å². The first-order chi connectivity index (χ1) is 32.7. The fraction of sp³-hybridized carbons (Fsp3) is 0.667. The largest absolute Gasteiger partial charge is 2.00 e. The summed E-state index contributed by atoms with van der Waals surface area (Å²) in [4.78, 5) is 52.5. The maximum atomic E-state index is 10.3. The summed E-state index contributed by atoms with van der Waals surface area (Å²) < 4.78 is 0. The van der Waals surface area contributed by atoms with Crippen LogP contribution in [0.1, 0.15) is 258 Å². The van der Waals surface area contributed by atoms with Crippen LogP contribution in [-0.4, -0.2) is 23.5 Å². The monoisotopic (exact) mass is 1010 g/mol. The number of allylic oxidation sites excluding steroid dienone is 4. The van der Waals surface area contributed by atoms with Gasteiger partial charge in [0.2, 0.25) is 0 Å². The van der Waals surface area contributed by atoms with Gasteiger partial charge in [0.15, 0.2) is 11.6 Å². The first kappa shape index (κ1) is 67.8. The van der Waals surface area contributed by atoms with E-state index in [1.807, 2.05) is 88.4 Å². The second-order valence-corrected chi connectivity index (χ2v) is 19.5. The Hall–Kier alpha value is -3.26. The van der Waals surface area contributed by atoms with E-state index < -0.39 is 23.1 Å². The van der Waals surface area contributed by atoms with Gasteiger partial charge in [0, 0.05) is 11.9 Å². The van der Waals surface area contributed by atoms with E-state index in [0.29, 0.717) is 0 Å². The minimum atomic E-state index is -0.903. The first-order valence-corrected chi connectivity index (χ1v) is 27.1. The second-order valence-electron chi connectivity index (χ2n) is 19.5. The molecule has 8 nitrogen and oxygen atoms in total. The van der Waals surface area contributed by atoms with E-state index >= 15 is 0 Å². The van der Waals surface area contributed by atoms with Crippen molar-refractivity contribution in [3.63, 3.8) is 0 Å². The van der Waals surface area contributed by atoms with Gasteiger partial charge < -0.3 is 19.8 Å². The standard InChI is InChI=1S/C18H22O2.2C18H36O2.C6H4O2.Zn/c1-17(2,15-11-7-5-8-12-15)19-20-18(3,4)16-13-9-6-10-14-16;2*1-2-3-4-5-6-7-8-9-10-11-12-13-14-15-16-17-18(19)20;7-5-1-2-6(8)4-3-5;/h5-14H,1-4H3;2*2-17H2,1H3,(H,19,20);1-4H;/q;;;;+2/p-2. The Kier molecular flexibility index (Phi) is 46.3. The van der Waals surface area contributed by atoms with Crippen LogP contribution in [0.2, 0.25) is 0 Å². The zero-order chi connectivity index (χ0) is 50.4. The van der Waals surface area contributed by atoms with Crippen LogP contribution in [0.3, 0.4) is 0 Å². The molecule has 0 aliphatic heterocycles. The van der Waals surface area contributed by atoms with Gasteiger partial charge in [-0.1, -0.05) is 254 Å². The van der Waals surface area contributed by atoms with Crippen molar-refractivity contribution in [1.82, 2.24) is 0 Å². The van der Waals surface area contributed by atoms with E-state index in [-0.39, 0.29) is 43.9 Å². The molecule has 0 atom stereocenters. The van der Waals surface area contributed by atoms with E-state index in [0.717, 1.165) is 36.8 Å². The van der Waals surface area contributed by atoms with Gasteiger partial charge in [-0.25, -0.2) is 9.78 Å². The van der Waals surface area contributed by atoms with Crippen molar-refractivity contribution in [2.45, 2.75) is 258 Å². The first-order valence-electron chi connectivity index (χ1n) is 27.1. The molecule has 0 amide bonds. The molecule has 0 bridgehead atoms. The van der Waals surface area contributed by atoms with Crippen LogP contribution in [0.4, 0.5) is 0 Å². The van der Waals surface area contributed by atoms with Crippen LogP contribution in [-0.2, 0) is 59.6 Å². The number of unbranched alkanes of at least 4 members (excludes halogenated alkanes) is 28. The van der Waals surface area contributed by atoms with Gasteiger partial charge in [-0.15, -0.1) is 0 Å². The third-order valence-corrected chi connectivity index (χ3v) is 12.2. The quantitative estimate of drug-likeness (QED) is 0.0215. The third-order valence-electron chi connectivity index (χ3n) is 12.2. The van der Waals surface area contributed by atoms with Crippen LogP contribution in [0.15, 0.2) is 85.0 Å². The Bertz CT molecular complexity index is 1440. The Balaban J connectivity index is 0. The van der Waals surface area contributed by atoms with Crippen molar-refractivity contribution in [2.75, 3.05) is 0 Å². The molecular weight excluding hydrogens is 914 g/mol. The number of hydrogen-bond acceptors (Lipinski definition) is 8. The summed E-state index contributed by atoms with van der Waals surface area (Å²) in [6, 6.07) is 20.2. The van der Waals surface area contributed by atoms with Crippen molar-refractivity contribution in [1.29, 1.82) is 0 Å². The van der Waals surface area contributed by atoms with E-state index in [1.54, 1.807) is 0 Å². The number of benzene rings is 2. The van der Waals surface area contributed by atoms with Crippen LogP contribution in [0.25, 0.3) is 0 Å². The smallest absolute Gasteiger partial charge is 0.550 e. The molecule has 3 rings (SSSR count). The summed E-state index contributed by atoms with van der Waals surface area (Å²) in [6.07, 6.45) is 44.7. The Morgan fingerprint density at radius 1 is 0.377 bits per heavy atom. The summed E-state index contributed by atoms with van der Waals surface area (Å²) in [5.41, 5.74) is 1.19. The van der Waals surface area contributed by atoms with Crippen LogP contribution in [0.5, 0.6) is 0 Å². The number of carboxylic acids is 2. The molecule has 0 radical (unpaired) electrons. The van der Waals surface area contributed by atoms with Crippen molar-refractivity contribution >= 4 is 23.5 Å². The molecule has 0 spiro atoms. The van der Waals surface area contributed by atoms with E-state index in [2.05, 4.69) is 13.8 Å². The van der Waals surface area contributed by atoms with Crippen molar-refractivity contribution in [3.05, 3.63) is 96.1 Å². The number of ketones is 2. The van der Waals surface area contributed by atoms with Crippen LogP contribution < -0.4 is 10.2 Å². The number of carbonyl (C=O) groups excluding carboxylic acids is 4. The zero-order valence-corrected chi connectivity index (χ0v) is 47.7. The summed E-state index contributed by atoms with van der Waals surface area (Å²) in [6.45, 7) is 12.5. The second kappa shape index (κ2) is 47.1. The SMILES string of the molecule is CC(C)(OOC(C)(C)c1ccccc1)c1ccccc1.CCCCCCCCCCCCCCCCCC(=O)[O-].CCCCCCCCCCCCCCCCCC(=O)[O-].O=C1C=CC(=O)C=C1.[Zn+2]. The Labute approximate surface area is 434 Å². The van der Waals surface area contributed by atoms with Crippen molar-refractivity contribution < 1.29 is 58.6 Å². The van der Waals surface area contributed by atoms with Gasteiger partial charge in [-0.3, -0.25) is 9.59 Å². The molecule has 1 aliphatic rings. The van der Waals surface area contributed by atoms with Gasteiger partial charge in [-0.2, -0.15) is 0 Å². The number of rotatable bonds is 37. The summed E-state index contributed by atoms with van der Waals surface area (Å²) >= 11 is 0. The average Bonchev–Trinajstić information content (AvgIpc) is 3.33. The average molecular weight is 1010 g/mol. The van der Waals surface area contributed by atoms with Crippen LogP contribution in [0, 0.1) is 0 Å².